The summed E-state index contributed by atoms with van der Waals surface area (Å²) >= 11 is 6.22. The van der Waals surface area contributed by atoms with Crippen molar-refractivity contribution in [1.29, 1.82) is 0 Å². The minimum Gasteiger partial charge on any atom is -0.486 e. The maximum absolute atomic E-state index is 14.7. The zero-order valence-corrected chi connectivity index (χ0v) is 17.0. The quantitative estimate of drug-likeness (QED) is 0.361. The number of aromatic nitrogens is 2. The van der Waals surface area contributed by atoms with Crippen LogP contribution in [0.25, 0.3) is 16.9 Å². The molecule has 2 aromatic carbocycles. The molecule has 0 radical (unpaired) electrons. The average molecular weight is 464 g/mol. The highest BCUT2D eigenvalue weighted by Crippen LogP contribution is 2.41. The number of benzene rings is 2. The molecule has 5 rings (SSSR count). The van der Waals surface area contributed by atoms with E-state index in [1.165, 1.54) is 30.3 Å². The number of nitrogens with zero attached hydrogens (tertiary/aromatic N) is 2. The Hall–Kier alpha value is -3.46. The molecule has 0 amide bonds. The topological polar surface area (TPSA) is 47.8 Å². The van der Waals surface area contributed by atoms with Gasteiger partial charge in [0.1, 0.15) is 41.9 Å². The Bertz CT molecular complexity index is 1320. The van der Waals surface area contributed by atoms with Crippen molar-refractivity contribution < 1.29 is 27.0 Å². The van der Waals surface area contributed by atoms with E-state index in [9.17, 15) is 17.6 Å². The number of hydrogen-bond acceptors (Lipinski definition) is 4. The van der Waals surface area contributed by atoms with Gasteiger partial charge in [0.05, 0.1) is 10.6 Å². The lowest BCUT2D eigenvalue weighted by atomic mass is 10.1. The van der Waals surface area contributed by atoms with Crippen molar-refractivity contribution in [2.75, 3.05) is 18.5 Å². The Morgan fingerprint density at radius 3 is 2.47 bits per heavy atom. The molecule has 0 spiro atoms. The van der Waals surface area contributed by atoms with Gasteiger partial charge in [-0.1, -0.05) is 23.7 Å². The summed E-state index contributed by atoms with van der Waals surface area (Å²) in [7, 11) is 0. The molecule has 0 atom stereocenters. The summed E-state index contributed by atoms with van der Waals surface area (Å²) in [6, 6.07) is 12.5. The fraction of sp³-hybridized carbons (Fsp3) is 0.136. The van der Waals surface area contributed by atoms with Crippen molar-refractivity contribution in [3.8, 4) is 22.8 Å². The first-order valence-electron chi connectivity index (χ1n) is 9.52. The van der Waals surface area contributed by atoms with Crippen LogP contribution in [0.3, 0.4) is 0 Å². The highest BCUT2D eigenvalue weighted by atomic mass is 35.5. The van der Waals surface area contributed by atoms with E-state index in [4.69, 9.17) is 21.1 Å². The van der Waals surface area contributed by atoms with Gasteiger partial charge in [0.2, 0.25) is 0 Å². The summed E-state index contributed by atoms with van der Waals surface area (Å²) in [6.07, 6.45) is -4.68. The van der Waals surface area contributed by atoms with E-state index in [-0.39, 0.29) is 27.7 Å². The zero-order valence-electron chi connectivity index (χ0n) is 16.2. The molecule has 0 unspecified atom stereocenters. The van der Waals surface area contributed by atoms with E-state index in [1.807, 2.05) is 0 Å². The fourth-order valence-corrected chi connectivity index (χ4v) is 3.84. The number of alkyl halides is 3. The standard InChI is InChI=1S/C22H14ClF4N3O2/c23-13-3-1-4-14(24)19(13)20-21(28-12-7-8-15-16(11-12)32-10-9-31-15)30-17(22(25,26)27)5-2-6-18(30)29-20/h1-8,11,28H,9-10H2. The molecule has 2 aromatic heterocycles. The smallest absolute Gasteiger partial charge is 0.431 e. The van der Waals surface area contributed by atoms with E-state index in [0.717, 1.165) is 10.5 Å². The second-order valence-electron chi connectivity index (χ2n) is 6.99. The van der Waals surface area contributed by atoms with Gasteiger partial charge in [0, 0.05) is 11.8 Å². The van der Waals surface area contributed by atoms with Crippen LogP contribution < -0.4 is 14.8 Å². The van der Waals surface area contributed by atoms with Gasteiger partial charge in [-0.3, -0.25) is 4.40 Å². The molecule has 0 bridgehead atoms. The summed E-state index contributed by atoms with van der Waals surface area (Å²) in [5, 5.41) is 2.97. The lowest BCUT2D eigenvalue weighted by molar-refractivity contribution is -0.141. The predicted molar refractivity (Wildman–Crippen MR) is 111 cm³/mol. The van der Waals surface area contributed by atoms with E-state index < -0.39 is 17.7 Å². The second kappa shape index (κ2) is 7.59. The third kappa shape index (κ3) is 3.48. The van der Waals surface area contributed by atoms with E-state index in [1.54, 1.807) is 18.2 Å². The summed E-state index contributed by atoms with van der Waals surface area (Å²) in [4.78, 5) is 4.28. The first-order valence-corrected chi connectivity index (χ1v) is 9.90. The minimum absolute atomic E-state index is 0.0193. The van der Waals surface area contributed by atoms with Crippen LogP contribution in [-0.4, -0.2) is 22.6 Å². The number of hydrogen-bond donors (Lipinski definition) is 1. The third-order valence-electron chi connectivity index (χ3n) is 4.94. The van der Waals surface area contributed by atoms with Crippen LogP contribution in [0.15, 0.2) is 54.6 Å². The van der Waals surface area contributed by atoms with Crippen molar-refractivity contribution in [2.24, 2.45) is 0 Å². The van der Waals surface area contributed by atoms with Gasteiger partial charge < -0.3 is 14.8 Å². The van der Waals surface area contributed by atoms with Crippen LogP contribution in [0, 0.1) is 5.82 Å². The van der Waals surface area contributed by atoms with Crippen molar-refractivity contribution in [3.63, 3.8) is 0 Å². The number of nitrogens with one attached hydrogen (secondary N) is 1. The summed E-state index contributed by atoms with van der Waals surface area (Å²) in [6.45, 7) is 0.748. The summed E-state index contributed by atoms with van der Waals surface area (Å²) in [5.74, 6) is 0.168. The Morgan fingerprint density at radius 1 is 0.969 bits per heavy atom. The van der Waals surface area contributed by atoms with Gasteiger partial charge in [-0.15, -0.1) is 0 Å². The van der Waals surface area contributed by atoms with E-state index >= 15 is 0 Å². The number of rotatable bonds is 3. The van der Waals surface area contributed by atoms with Gasteiger partial charge in [0.15, 0.2) is 11.5 Å². The molecule has 32 heavy (non-hydrogen) atoms. The van der Waals surface area contributed by atoms with E-state index in [2.05, 4.69) is 10.3 Å². The molecule has 1 aliphatic heterocycles. The number of ether oxygens (including phenoxy) is 2. The highest BCUT2D eigenvalue weighted by molar-refractivity contribution is 6.33. The van der Waals surface area contributed by atoms with Crippen LogP contribution in [0.1, 0.15) is 5.69 Å². The van der Waals surface area contributed by atoms with Gasteiger partial charge in [-0.05, 0) is 36.4 Å². The first-order chi connectivity index (χ1) is 15.3. The maximum atomic E-state index is 14.7. The Morgan fingerprint density at radius 2 is 1.72 bits per heavy atom. The Balaban J connectivity index is 1.75. The number of fused-ring (bicyclic) bond motifs is 2. The number of anilines is 2. The zero-order chi connectivity index (χ0) is 22.5. The van der Waals surface area contributed by atoms with Crippen molar-refractivity contribution in [3.05, 3.63) is 71.1 Å². The molecular weight excluding hydrogens is 450 g/mol. The van der Waals surface area contributed by atoms with E-state index in [0.29, 0.717) is 30.4 Å². The Kier molecular flexibility index (Phi) is 4.85. The van der Waals surface area contributed by atoms with Crippen molar-refractivity contribution in [1.82, 2.24) is 9.38 Å². The second-order valence-corrected chi connectivity index (χ2v) is 7.40. The summed E-state index contributed by atoms with van der Waals surface area (Å²) < 4.78 is 68.1. The van der Waals surface area contributed by atoms with Crippen LogP contribution in [0.5, 0.6) is 11.5 Å². The molecule has 5 nitrogen and oxygen atoms in total. The summed E-state index contributed by atoms with van der Waals surface area (Å²) in [5.41, 5.74) is -0.747. The molecule has 0 saturated heterocycles. The first kappa shape index (κ1) is 20.4. The molecule has 1 aliphatic rings. The molecule has 0 fully saturated rings. The number of pyridine rings is 1. The Labute approximate surface area is 184 Å². The van der Waals surface area contributed by atoms with Gasteiger partial charge in [-0.25, -0.2) is 9.37 Å². The lowest BCUT2D eigenvalue weighted by Gasteiger charge is -2.20. The van der Waals surface area contributed by atoms with Gasteiger partial charge >= 0.3 is 6.18 Å². The molecule has 3 heterocycles. The molecule has 10 heteroatoms. The fourth-order valence-electron chi connectivity index (χ4n) is 3.59. The maximum Gasteiger partial charge on any atom is 0.431 e. The molecule has 164 valence electrons. The van der Waals surface area contributed by atoms with Crippen molar-refractivity contribution >= 4 is 28.8 Å². The van der Waals surface area contributed by atoms with Crippen LogP contribution >= 0.6 is 11.6 Å². The molecule has 1 N–H and O–H groups in total. The number of imidazole rings is 1. The third-order valence-corrected chi connectivity index (χ3v) is 5.25. The monoisotopic (exact) mass is 463 g/mol. The SMILES string of the molecule is Fc1cccc(Cl)c1-c1nc2cccc(C(F)(F)F)n2c1Nc1ccc2c(c1)OCCO2. The van der Waals surface area contributed by atoms with Crippen molar-refractivity contribution in [2.45, 2.75) is 6.18 Å². The molecule has 4 aromatic rings. The number of halogens is 5. The van der Waals surface area contributed by atoms with Crippen LogP contribution in [-0.2, 0) is 6.18 Å². The van der Waals surface area contributed by atoms with Crippen LogP contribution in [0.4, 0.5) is 29.1 Å². The molecule has 0 aliphatic carbocycles. The minimum atomic E-state index is -4.68. The van der Waals surface area contributed by atoms with Gasteiger partial charge in [0.25, 0.3) is 0 Å². The average Bonchev–Trinajstić information content (AvgIpc) is 3.11. The lowest BCUT2D eigenvalue weighted by Crippen LogP contribution is -2.15. The molecule has 0 saturated carbocycles. The highest BCUT2D eigenvalue weighted by Gasteiger charge is 2.35. The normalized spacial score (nSPS) is 13.4. The van der Waals surface area contributed by atoms with Gasteiger partial charge in [-0.2, -0.15) is 13.2 Å². The largest absolute Gasteiger partial charge is 0.486 e. The molecular formula is C22H14ClF4N3O2. The van der Waals surface area contributed by atoms with Crippen LogP contribution in [0.2, 0.25) is 5.02 Å². The predicted octanol–water partition coefficient (Wildman–Crippen LogP) is 6.33.